The molecule has 6 heteroatoms. The Morgan fingerprint density at radius 1 is 1.14 bits per heavy atom. The summed E-state index contributed by atoms with van der Waals surface area (Å²) in [6.07, 6.45) is -1.43. The first-order chi connectivity index (χ1) is 13.9. The third kappa shape index (κ3) is 5.22. The highest BCUT2D eigenvalue weighted by molar-refractivity contribution is 6.30. The van der Waals surface area contributed by atoms with Gasteiger partial charge < -0.3 is 24.3 Å². The Balaban J connectivity index is 1.86. The largest absolute Gasteiger partial charge is 0.530 e. The molecule has 156 valence electrons. The van der Waals surface area contributed by atoms with E-state index in [0.29, 0.717) is 18.2 Å². The zero-order valence-electron chi connectivity index (χ0n) is 17.0. The molecule has 0 bridgehead atoms. The van der Waals surface area contributed by atoms with Gasteiger partial charge >= 0.3 is 0 Å². The van der Waals surface area contributed by atoms with Crippen molar-refractivity contribution in [2.24, 2.45) is 11.8 Å². The van der Waals surface area contributed by atoms with Crippen LogP contribution in [-0.4, -0.2) is 37.3 Å². The summed E-state index contributed by atoms with van der Waals surface area (Å²) in [6, 6.07) is 15.5. The molecule has 0 spiro atoms. The van der Waals surface area contributed by atoms with Gasteiger partial charge in [0.2, 0.25) is 0 Å². The number of piperidine rings is 1. The van der Waals surface area contributed by atoms with E-state index in [4.69, 9.17) is 21.1 Å². The first-order valence-corrected chi connectivity index (χ1v) is 10.2. The molecule has 3 unspecified atom stereocenters. The van der Waals surface area contributed by atoms with Crippen LogP contribution in [0.4, 0.5) is 4.79 Å². The lowest BCUT2D eigenvalue weighted by Crippen LogP contribution is -2.55. The number of methoxy groups -OCH3 is 1. The molecule has 29 heavy (non-hydrogen) atoms. The van der Waals surface area contributed by atoms with Gasteiger partial charge in [0.05, 0.1) is 19.8 Å². The van der Waals surface area contributed by atoms with E-state index in [1.165, 1.54) is 4.90 Å². The molecule has 1 fully saturated rings. The van der Waals surface area contributed by atoms with E-state index in [0.717, 1.165) is 16.9 Å². The van der Waals surface area contributed by atoms with E-state index >= 15 is 0 Å². The first-order valence-electron chi connectivity index (χ1n) is 9.85. The zero-order chi connectivity index (χ0) is 21.0. The van der Waals surface area contributed by atoms with Crippen molar-refractivity contribution in [3.05, 3.63) is 64.7 Å². The SMILES string of the molecule is COc1ccc(COC2CN(C(=O)[O-])CC(C(C)C)C2c2ccc(Cl)cc2)cc1. The summed E-state index contributed by atoms with van der Waals surface area (Å²) in [5.41, 5.74) is 2.12. The van der Waals surface area contributed by atoms with Crippen molar-refractivity contribution >= 4 is 17.7 Å². The number of rotatable bonds is 6. The second-order valence-corrected chi connectivity index (χ2v) is 8.29. The van der Waals surface area contributed by atoms with E-state index in [2.05, 4.69) is 13.8 Å². The molecule has 0 saturated carbocycles. The van der Waals surface area contributed by atoms with E-state index < -0.39 is 6.09 Å². The van der Waals surface area contributed by atoms with E-state index in [1.54, 1.807) is 7.11 Å². The summed E-state index contributed by atoms with van der Waals surface area (Å²) in [5.74, 6) is 1.25. The number of nitrogens with zero attached hydrogens (tertiary/aromatic N) is 1. The Bertz CT molecular complexity index is 807. The maximum absolute atomic E-state index is 11.6. The highest BCUT2D eigenvalue weighted by Crippen LogP contribution is 2.39. The molecule has 3 rings (SSSR count). The standard InChI is InChI=1S/C23H28ClNO4/c1-15(2)20-12-25(23(26)27)13-21(22(20)17-6-8-18(24)9-7-17)29-14-16-4-10-19(28-3)11-5-16/h4-11,15,20-22H,12-14H2,1-3H3,(H,26,27)/p-1. The third-order valence-electron chi connectivity index (χ3n) is 5.69. The van der Waals surface area contributed by atoms with Crippen molar-refractivity contribution in [3.8, 4) is 5.75 Å². The van der Waals surface area contributed by atoms with Crippen molar-refractivity contribution in [3.63, 3.8) is 0 Å². The molecule has 2 aromatic rings. The van der Waals surface area contributed by atoms with Gasteiger partial charge in [-0.05, 0) is 47.2 Å². The Morgan fingerprint density at radius 3 is 2.34 bits per heavy atom. The summed E-state index contributed by atoms with van der Waals surface area (Å²) in [4.78, 5) is 13.0. The number of likely N-dealkylation sites (tertiary alicyclic amines) is 1. The molecule has 3 atom stereocenters. The average Bonchev–Trinajstić information content (AvgIpc) is 2.72. The molecule has 0 radical (unpaired) electrons. The summed E-state index contributed by atoms with van der Waals surface area (Å²) in [7, 11) is 1.63. The number of benzene rings is 2. The fourth-order valence-corrected chi connectivity index (χ4v) is 4.18. The zero-order valence-corrected chi connectivity index (χ0v) is 17.8. The minimum Gasteiger partial charge on any atom is -0.530 e. The maximum Gasteiger partial charge on any atom is 0.137 e. The van der Waals surface area contributed by atoms with Crippen molar-refractivity contribution in [2.75, 3.05) is 20.2 Å². The lowest BCUT2D eigenvalue weighted by Gasteiger charge is -2.46. The predicted octanol–water partition coefficient (Wildman–Crippen LogP) is 3.95. The number of carboxylic acid groups (broad SMARTS) is 1. The smallest absolute Gasteiger partial charge is 0.137 e. The number of hydrogen-bond acceptors (Lipinski definition) is 4. The molecule has 1 aliphatic heterocycles. The van der Waals surface area contributed by atoms with Crippen LogP contribution in [-0.2, 0) is 11.3 Å². The molecule has 2 aromatic carbocycles. The predicted molar refractivity (Wildman–Crippen MR) is 111 cm³/mol. The fraction of sp³-hybridized carbons (Fsp3) is 0.435. The van der Waals surface area contributed by atoms with Gasteiger partial charge in [0, 0.05) is 24.0 Å². The summed E-state index contributed by atoms with van der Waals surface area (Å²) < 4.78 is 11.5. The van der Waals surface area contributed by atoms with Gasteiger partial charge in [-0.25, -0.2) is 0 Å². The highest BCUT2D eigenvalue weighted by Gasteiger charge is 2.40. The van der Waals surface area contributed by atoms with Crippen molar-refractivity contribution in [2.45, 2.75) is 32.5 Å². The Labute approximate surface area is 177 Å². The van der Waals surface area contributed by atoms with Crippen LogP contribution in [0.2, 0.25) is 5.02 Å². The van der Waals surface area contributed by atoms with Crippen LogP contribution in [0.3, 0.4) is 0 Å². The van der Waals surface area contributed by atoms with E-state index in [9.17, 15) is 9.90 Å². The van der Waals surface area contributed by atoms with Crippen LogP contribution >= 0.6 is 11.6 Å². The number of halogens is 1. The Kier molecular flexibility index (Phi) is 7.04. The van der Waals surface area contributed by atoms with Crippen LogP contribution in [0.15, 0.2) is 48.5 Å². The van der Waals surface area contributed by atoms with Crippen molar-refractivity contribution in [1.82, 2.24) is 4.90 Å². The number of hydrogen-bond donors (Lipinski definition) is 0. The van der Waals surface area contributed by atoms with Crippen LogP contribution in [0.25, 0.3) is 0 Å². The van der Waals surface area contributed by atoms with Gasteiger partial charge in [0.15, 0.2) is 0 Å². The molecule has 0 aromatic heterocycles. The van der Waals surface area contributed by atoms with Crippen LogP contribution < -0.4 is 9.84 Å². The van der Waals surface area contributed by atoms with E-state index in [-0.39, 0.29) is 30.4 Å². The molecular formula is C23H27ClNO4-. The maximum atomic E-state index is 11.6. The third-order valence-corrected chi connectivity index (χ3v) is 5.94. The Hall–Kier alpha value is -2.24. The van der Waals surface area contributed by atoms with Crippen LogP contribution in [0.5, 0.6) is 5.75 Å². The lowest BCUT2D eigenvalue weighted by atomic mass is 9.73. The van der Waals surface area contributed by atoms with Gasteiger partial charge in [0.25, 0.3) is 0 Å². The minimum atomic E-state index is -1.15. The molecule has 5 nitrogen and oxygen atoms in total. The summed E-state index contributed by atoms with van der Waals surface area (Å²) >= 11 is 6.08. The quantitative estimate of drug-likeness (QED) is 0.715. The molecule has 1 aliphatic rings. The molecule has 0 N–H and O–H groups in total. The summed E-state index contributed by atoms with van der Waals surface area (Å²) in [6.45, 7) is 5.36. The lowest BCUT2D eigenvalue weighted by molar-refractivity contribution is -0.270. The second-order valence-electron chi connectivity index (χ2n) is 7.85. The van der Waals surface area contributed by atoms with E-state index in [1.807, 2.05) is 48.5 Å². The molecular weight excluding hydrogens is 390 g/mol. The monoisotopic (exact) mass is 416 g/mol. The number of amides is 1. The molecule has 1 saturated heterocycles. The van der Waals surface area contributed by atoms with Gasteiger partial charge in [0.1, 0.15) is 11.8 Å². The second kappa shape index (κ2) is 9.51. The normalized spacial score (nSPS) is 22.0. The number of ether oxygens (including phenoxy) is 2. The molecule has 1 heterocycles. The van der Waals surface area contributed by atoms with Crippen LogP contribution in [0, 0.1) is 11.8 Å². The Morgan fingerprint density at radius 2 is 1.79 bits per heavy atom. The topological polar surface area (TPSA) is 61.8 Å². The van der Waals surface area contributed by atoms with Gasteiger partial charge in [-0.2, -0.15) is 0 Å². The van der Waals surface area contributed by atoms with Gasteiger partial charge in [-0.1, -0.05) is 49.7 Å². The first kappa shape index (κ1) is 21.5. The minimum absolute atomic E-state index is 0.0705. The van der Waals surface area contributed by atoms with Crippen LogP contribution in [0.1, 0.15) is 30.9 Å². The number of carbonyl (C=O) groups excluding carboxylic acids is 1. The average molecular weight is 417 g/mol. The highest BCUT2D eigenvalue weighted by atomic mass is 35.5. The van der Waals surface area contributed by atoms with Gasteiger partial charge in [-0.3, -0.25) is 0 Å². The van der Waals surface area contributed by atoms with Crippen molar-refractivity contribution in [1.29, 1.82) is 0 Å². The molecule has 0 aliphatic carbocycles. The fourth-order valence-electron chi connectivity index (χ4n) is 4.05. The summed E-state index contributed by atoms with van der Waals surface area (Å²) in [5, 5.41) is 12.3. The number of carbonyl (C=O) groups is 1. The van der Waals surface area contributed by atoms with Crippen molar-refractivity contribution < 1.29 is 19.4 Å². The molecule has 1 amide bonds. The van der Waals surface area contributed by atoms with Gasteiger partial charge in [-0.15, -0.1) is 0 Å².